The fourth-order valence-electron chi connectivity index (χ4n) is 3.36. The molecular formula is C19H23BrN2O4S2. The molecule has 28 heavy (non-hydrogen) atoms. The van der Waals surface area contributed by atoms with Crippen LogP contribution in [0, 0.1) is 0 Å². The summed E-state index contributed by atoms with van der Waals surface area (Å²) in [5, 5.41) is 0. The summed E-state index contributed by atoms with van der Waals surface area (Å²) in [7, 11) is -7.33. The zero-order valence-electron chi connectivity index (χ0n) is 15.5. The van der Waals surface area contributed by atoms with Gasteiger partial charge in [-0.1, -0.05) is 29.3 Å². The summed E-state index contributed by atoms with van der Waals surface area (Å²) >= 11 is 3.27. The molecule has 1 unspecified atom stereocenters. The molecule has 0 aromatic heterocycles. The van der Waals surface area contributed by atoms with Gasteiger partial charge in [0.15, 0.2) is 0 Å². The van der Waals surface area contributed by atoms with E-state index in [-0.39, 0.29) is 15.8 Å². The van der Waals surface area contributed by atoms with Gasteiger partial charge in [-0.3, -0.25) is 4.72 Å². The molecule has 1 aliphatic rings. The first kappa shape index (κ1) is 21.3. The first-order chi connectivity index (χ1) is 13.2. The van der Waals surface area contributed by atoms with Gasteiger partial charge in [0.25, 0.3) is 10.0 Å². The van der Waals surface area contributed by atoms with Crippen molar-refractivity contribution in [3.63, 3.8) is 0 Å². The van der Waals surface area contributed by atoms with Crippen LogP contribution in [0.25, 0.3) is 0 Å². The maximum absolute atomic E-state index is 13.0. The van der Waals surface area contributed by atoms with Gasteiger partial charge < -0.3 is 0 Å². The number of anilines is 1. The van der Waals surface area contributed by atoms with Crippen LogP contribution in [0.4, 0.5) is 5.69 Å². The van der Waals surface area contributed by atoms with Crippen molar-refractivity contribution in [2.45, 2.75) is 48.4 Å². The van der Waals surface area contributed by atoms with Crippen LogP contribution in [0.15, 0.2) is 62.8 Å². The van der Waals surface area contributed by atoms with Crippen molar-refractivity contribution in [2.75, 3.05) is 11.3 Å². The van der Waals surface area contributed by atoms with Crippen LogP contribution in [0.2, 0.25) is 0 Å². The van der Waals surface area contributed by atoms with Crippen molar-refractivity contribution in [3.05, 3.63) is 53.0 Å². The molecule has 1 atom stereocenters. The van der Waals surface area contributed by atoms with E-state index in [2.05, 4.69) is 20.7 Å². The molecule has 0 aliphatic carbocycles. The maximum atomic E-state index is 13.0. The third kappa shape index (κ3) is 4.59. The molecule has 9 heteroatoms. The van der Waals surface area contributed by atoms with Crippen LogP contribution in [-0.4, -0.2) is 33.7 Å². The summed E-state index contributed by atoms with van der Waals surface area (Å²) < 4.78 is 55.8. The fourth-order valence-corrected chi connectivity index (χ4v) is 6.45. The Kier molecular flexibility index (Phi) is 6.48. The summed E-state index contributed by atoms with van der Waals surface area (Å²) in [6.45, 7) is 2.53. The van der Waals surface area contributed by atoms with Crippen LogP contribution in [-0.2, 0) is 20.0 Å². The van der Waals surface area contributed by atoms with Gasteiger partial charge in [-0.2, -0.15) is 4.31 Å². The number of hydrogen-bond acceptors (Lipinski definition) is 4. The molecule has 1 aliphatic heterocycles. The number of sulfonamides is 2. The second kappa shape index (κ2) is 8.52. The second-order valence-corrected chi connectivity index (χ2v) is 11.2. The number of halogens is 1. The van der Waals surface area contributed by atoms with Gasteiger partial charge in [0, 0.05) is 22.7 Å². The van der Waals surface area contributed by atoms with E-state index in [0.717, 1.165) is 30.2 Å². The zero-order chi connectivity index (χ0) is 20.4. The van der Waals surface area contributed by atoms with Crippen molar-refractivity contribution in [2.24, 2.45) is 0 Å². The Bertz CT molecular complexity index is 1020. The average Bonchev–Trinajstić information content (AvgIpc) is 2.68. The van der Waals surface area contributed by atoms with Gasteiger partial charge in [0.2, 0.25) is 10.0 Å². The Labute approximate surface area is 175 Å². The van der Waals surface area contributed by atoms with Gasteiger partial charge in [0.1, 0.15) is 0 Å². The number of nitrogens with one attached hydrogen (secondary N) is 1. The lowest BCUT2D eigenvalue weighted by atomic mass is 10.0. The highest BCUT2D eigenvalue weighted by molar-refractivity contribution is 9.10. The summed E-state index contributed by atoms with van der Waals surface area (Å²) in [5.41, 5.74) is 0.313. The first-order valence-corrected chi connectivity index (χ1v) is 12.9. The Morgan fingerprint density at radius 1 is 0.964 bits per heavy atom. The molecule has 0 amide bonds. The summed E-state index contributed by atoms with van der Waals surface area (Å²) in [6.07, 6.45) is 3.56. The third-order valence-electron chi connectivity index (χ3n) is 4.88. The van der Waals surface area contributed by atoms with Crippen molar-refractivity contribution < 1.29 is 16.8 Å². The molecule has 0 radical (unpaired) electrons. The predicted molar refractivity (Wildman–Crippen MR) is 113 cm³/mol. The molecule has 2 aromatic rings. The molecule has 3 rings (SSSR count). The molecule has 0 saturated carbocycles. The second-order valence-electron chi connectivity index (χ2n) is 6.76. The highest BCUT2D eigenvalue weighted by Crippen LogP contribution is 2.28. The normalized spacial score (nSPS) is 18.7. The number of piperidine rings is 1. The van der Waals surface area contributed by atoms with Gasteiger partial charge in [-0.15, -0.1) is 0 Å². The molecule has 1 saturated heterocycles. The quantitative estimate of drug-likeness (QED) is 0.662. The molecular weight excluding hydrogens is 464 g/mol. The Morgan fingerprint density at radius 2 is 1.57 bits per heavy atom. The zero-order valence-corrected chi connectivity index (χ0v) is 18.7. The van der Waals surface area contributed by atoms with Crippen LogP contribution in [0.3, 0.4) is 0 Å². The van der Waals surface area contributed by atoms with E-state index in [4.69, 9.17) is 0 Å². The smallest absolute Gasteiger partial charge is 0.261 e. The SMILES string of the molecule is CCC1CCCCN1S(=O)(=O)c1ccc(NS(=O)(=O)c2ccc(Br)cc2)cc1. The Balaban J connectivity index is 1.80. The average molecular weight is 487 g/mol. The van der Waals surface area contributed by atoms with Gasteiger partial charge >= 0.3 is 0 Å². The summed E-state index contributed by atoms with van der Waals surface area (Å²) in [4.78, 5) is 0.311. The summed E-state index contributed by atoms with van der Waals surface area (Å²) in [5.74, 6) is 0. The van der Waals surface area contributed by atoms with E-state index in [9.17, 15) is 16.8 Å². The minimum Gasteiger partial charge on any atom is -0.280 e. The Hall–Kier alpha value is -1.42. The van der Waals surface area contributed by atoms with E-state index in [1.807, 2.05) is 6.92 Å². The lowest BCUT2D eigenvalue weighted by Gasteiger charge is -2.34. The maximum Gasteiger partial charge on any atom is 0.261 e. The minimum atomic E-state index is -3.74. The van der Waals surface area contributed by atoms with Gasteiger partial charge in [-0.25, -0.2) is 16.8 Å². The van der Waals surface area contributed by atoms with E-state index in [1.54, 1.807) is 16.4 Å². The Morgan fingerprint density at radius 3 is 2.18 bits per heavy atom. The lowest BCUT2D eigenvalue weighted by Crippen LogP contribution is -2.43. The van der Waals surface area contributed by atoms with Crippen molar-refractivity contribution in [3.8, 4) is 0 Å². The van der Waals surface area contributed by atoms with Crippen molar-refractivity contribution >= 4 is 41.7 Å². The molecule has 1 N–H and O–H groups in total. The van der Waals surface area contributed by atoms with Crippen molar-refractivity contribution in [1.82, 2.24) is 4.31 Å². The van der Waals surface area contributed by atoms with Crippen LogP contribution in [0.1, 0.15) is 32.6 Å². The number of hydrogen-bond donors (Lipinski definition) is 1. The van der Waals surface area contributed by atoms with E-state index >= 15 is 0 Å². The molecule has 152 valence electrons. The highest BCUT2D eigenvalue weighted by Gasteiger charge is 2.32. The molecule has 2 aromatic carbocycles. The highest BCUT2D eigenvalue weighted by atomic mass is 79.9. The molecule has 0 spiro atoms. The standard InChI is InChI=1S/C19H23BrN2O4S2/c1-2-17-5-3-4-14-22(17)28(25,26)19-12-8-16(9-13-19)21-27(23,24)18-10-6-15(20)7-11-18/h6-13,17,21H,2-5,14H2,1H3. The van der Waals surface area contributed by atoms with Gasteiger partial charge in [-0.05, 0) is 67.8 Å². The largest absolute Gasteiger partial charge is 0.280 e. The molecule has 1 fully saturated rings. The van der Waals surface area contributed by atoms with Crippen molar-refractivity contribution in [1.29, 1.82) is 0 Å². The lowest BCUT2D eigenvalue weighted by molar-refractivity contribution is 0.246. The topological polar surface area (TPSA) is 83.6 Å². The van der Waals surface area contributed by atoms with E-state index in [0.29, 0.717) is 12.2 Å². The van der Waals surface area contributed by atoms with E-state index < -0.39 is 20.0 Å². The molecule has 1 heterocycles. The monoisotopic (exact) mass is 486 g/mol. The molecule has 6 nitrogen and oxygen atoms in total. The predicted octanol–water partition coefficient (Wildman–Crippen LogP) is 4.20. The number of benzene rings is 2. The van der Waals surface area contributed by atoms with Gasteiger partial charge in [0.05, 0.1) is 9.79 Å². The van der Waals surface area contributed by atoms with Crippen LogP contribution in [0.5, 0.6) is 0 Å². The summed E-state index contributed by atoms with van der Waals surface area (Å²) in [6, 6.07) is 12.2. The number of nitrogens with zero attached hydrogens (tertiary/aromatic N) is 1. The number of rotatable bonds is 6. The third-order valence-corrected chi connectivity index (χ3v) is 8.77. The minimum absolute atomic E-state index is 0.0225. The fraction of sp³-hybridized carbons (Fsp3) is 0.368. The molecule has 0 bridgehead atoms. The first-order valence-electron chi connectivity index (χ1n) is 9.14. The van der Waals surface area contributed by atoms with E-state index in [1.165, 1.54) is 36.4 Å². The van der Waals surface area contributed by atoms with Crippen LogP contribution < -0.4 is 4.72 Å². The van der Waals surface area contributed by atoms with Crippen LogP contribution >= 0.6 is 15.9 Å².